The molecule has 2 aliphatic rings. The SMILES string of the molecule is N#Cc1ccc(C2(O)O[C@H](CO)[C@@H](O)[C@H](O)[C@H]2O)cc1Cc1ccc(C2CCC2)cc1. The molecule has 2 fully saturated rings. The fraction of sp³-hybridized carbons (Fsp3) is 0.458. The summed E-state index contributed by atoms with van der Waals surface area (Å²) in [5.74, 6) is -1.71. The van der Waals surface area contributed by atoms with E-state index in [1.165, 1.54) is 37.0 Å². The minimum atomic E-state index is -2.34. The number of benzene rings is 2. The lowest BCUT2D eigenvalue weighted by Gasteiger charge is -2.45. The molecule has 2 aromatic carbocycles. The molecule has 5 N–H and O–H groups in total. The van der Waals surface area contributed by atoms with Crippen LogP contribution in [0, 0.1) is 11.3 Å². The van der Waals surface area contributed by atoms with Gasteiger partial charge >= 0.3 is 0 Å². The highest BCUT2D eigenvalue weighted by Crippen LogP contribution is 2.38. The van der Waals surface area contributed by atoms with Gasteiger partial charge in [-0.1, -0.05) is 36.8 Å². The first-order chi connectivity index (χ1) is 14.9. The third-order valence-corrected chi connectivity index (χ3v) is 6.56. The summed E-state index contributed by atoms with van der Waals surface area (Å²) in [6.07, 6.45) is -2.24. The minimum absolute atomic E-state index is 0.129. The van der Waals surface area contributed by atoms with Crippen LogP contribution in [0.4, 0.5) is 0 Å². The van der Waals surface area contributed by atoms with Crippen LogP contribution in [-0.2, 0) is 16.9 Å². The van der Waals surface area contributed by atoms with E-state index < -0.39 is 36.8 Å². The maximum Gasteiger partial charge on any atom is 0.222 e. The van der Waals surface area contributed by atoms with Gasteiger partial charge in [0.15, 0.2) is 0 Å². The predicted molar refractivity (Wildman–Crippen MR) is 111 cm³/mol. The van der Waals surface area contributed by atoms with E-state index >= 15 is 0 Å². The van der Waals surface area contributed by atoms with Gasteiger partial charge in [0, 0.05) is 5.56 Å². The molecule has 0 spiro atoms. The number of nitriles is 1. The molecule has 0 radical (unpaired) electrons. The molecule has 1 saturated carbocycles. The Morgan fingerprint density at radius 3 is 2.32 bits per heavy atom. The molecule has 2 aromatic rings. The summed E-state index contributed by atoms with van der Waals surface area (Å²) < 4.78 is 5.41. The van der Waals surface area contributed by atoms with Gasteiger partial charge in [0.25, 0.3) is 0 Å². The smallest absolute Gasteiger partial charge is 0.222 e. The van der Waals surface area contributed by atoms with Crippen LogP contribution in [0.1, 0.15) is 53.0 Å². The van der Waals surface area contributed by atoms with Crippen molar-refractivity contribution in [2.75, 3.05) is 6.61 Å². The summed E-state index contributed by atoms with van der Waals surface area (Å²) in [6.45, 7) is -0.649. The lowest BCUT2D eigenvalue weighted by Crippen LogP contribution is -2.63. The summed E-state index contributed by atoms with van der Waals surface area (Å²) in [4.78, 5) is 0. The van der Waals surface area contributed by atoms with Gasteiger partial charge in [0.2, 0.25) is 5.79 Å². The van der Waals surface area contributed by atoms with Gasteiger partial charge < -0.3 is 30.3 Å². The topological polar surface area (TPSA) is 134 Å². The van der Waals surface area contributed by atoms with Gasteiger partial charge in [-0.25, -0.2) is 0 Å². The normalized spacial score (nSPS) is 31.1. The Labute approximate surface area is 180 Å². The van der Waals surface area contributed by atoms with E-state index in [-0.39, 0.29) is 5.56 Å². The van der Waals surface area contributed by atoms with Crippen molar-refractivity contribution >= 4 is 0 Å². The number of aliphatic hydroxyl groups is 5. The average Bonchev–Trinajstić information content (AvgIpc) is 2.75. The highest BCUT2D eigenvalue weighted by molar-refractivity contribution is 5.45. The molecule has 7 heteroatoms. The molecule has 5 atom stereocenters. The zero-order chi connectivity index (χ0) is 22.2. The molecule has 0 bridgehead atoms. The molecule has 1 heterocycles. The second kappa shape index (κ2) is 8.67. The van der Waals surface area contributed by atoms with Gasteiger partial charge in [0.05, 0.1) is 18.2 Å². The summed E-state index contributed by atoms with van der Waals surface area (Å²) in [7, 11) is 0. The van der Waals surface area contributed by atoms with E-state index in [0.717, 1.165) is 5.56 Å². The lowest BCUT2D eigenvalue weighted by molar-refractivity contribution is -0.357. The maximum absolute atomic E-state index is 11.0. The summed E-state index contributed by atoms with van der Waals surface area (Å²) in [5, 5.41) is 60.5. The number of rotatable bonds is 5. The molecule has 1 unspecified atom stereocenters. The van der Waals surface area contributed by atoms with Crippen LogP contribution in [0.25, 0.3) is 0 Å². The Hall–Kier alpha value is -2.31. The molecule has 1 saturated heterocycles. The fourth-order valence-electron chi connectivity index (χ4n) is 4.33. The third-order valence-electron chi connectivity index (χ3n) is 6.56. The van der Waals surface area contributed by atoms with Gasteiger partial charge in [-0.15, -0.1) is 0 Å². The summed E-state index contributed by atoms with van der Waals surface area (Å²) >= 11 is 0. The van der Waals surface area contributed by atoms with Crippen LogP contribution >= 0.6 is 0 Å². The van der Waals surface area contributed by atoms with Gasteiger partial charge in [0.1, 0.15) is 24.4 Å². The number of hydrogen-bond acceptors (Lipinski definition) is 7. The summed E-state index contributed by atoms with van der Waals surface area (Å²) in [6, 6.07) is 14.9. The number of ether oxygens (including phenoxy) is 1. The van der Waals surface area contributed by atoms with Gasteiger partial charge in [-0.3, -0.25) is 0 Å². The maximum atomic E-state index is 11.0. The quantitative estimate of drug-likeness (QED) is 0.483. The van der Waals surface area contributed by atoms with E-state index in [9.17, 15) is 30.8 Å². The third kappa shape index (κ3) is 3.99. The Bertz CT molecular complexity index is 965. The van der Waals surface area contributed by atoms with Crippen LogP contribution in [0.2, 0.25) is 0 Å². The fourth-order valence-corrected chi connectivity index (χ4v) is 4.33. The molecular formula is C24H27NO6. The Morgan fingerprint density at radius 2 is 1.74 bits per heavy atom. The molecular weight excluding hydrogens is 398 g/mol. The van der Waals surface area contributed by atoms with Gasteiger partial charge in [-0.2, -0.15) is 5.26 Å². The molecule has 164 valence electrons. The van der Waals surface area contributed by atoms with Crippen LogP contribution in [0.5, 0.6) is 0 Å². The van der Waals surface area contributed by atoms with Crippen LogP contribution in [-0.4, -0.2) is 56.6 Å². The molecule has 1 aliphatic carbocycles. The van der Waals surface area contributed by atoms with Crippen molar-refractivity contribution in [1.82, 2.24) is 0 Å². The first kappa shape index (κ1) is 21.9. The minimum Gasteiger partial charge on any atom is -0.394 e. The van der Waals surface area contributed by atoms with E-state index in [4.69, 9.17) is 4.74 Å². The largest absolute Gasteiger partial charge is 0.394 e. The second-order valence-corrected chi connectivity index (χ2v) is 8.49. The van der Waals surface area contributed by atoms with Crippen molar-refractivity contribution in [1.29, 1.82) is 5.26 Å². The highest BCUT2D eigenvalue weighted by atomic mass is 16.7. The van der Waals surface area contributed by atoms with E-state index in [1.807, 2.05) is 12.1 Å². The van der Waals surface area contributed by atoms with Gasteiger partial charge in [-0.05, 0) is 54.0 Å². The van der Waals surface area contributed by atoms with Crippen LogP contribution < -0.4 is 0 Å². The molecule has 4 rings (SSSR count). The first-order valence-corrected chi connectivity index (χ1v) is 10.5. The lowest BCUT2D eigenvalue weighted by atomic mass is 9.80. The standard InChI is InChI=1S/C24H27NO6/c25-12-17-8-9-19(24(30)23(29)22(28)21(27)20(13-26)31-24)11-18(17)10-14-4-6-16(7-5-14)15-2-1-3-15/h4-9,11,15,20-23,26-30H,1-3,10,13H2/t20-,21-,22+,23-,24?/m1/s1. The van der Waals surface area contributed by atoms with Crippen LogP contribution in [0.3, 0.4) is 0 Å². The van der Waals surface area contributed by atoms with E-state index in [1.54, 1.807) is 6.07 Å². The molecule has 7 nitrogen and oxygen atoms in total. The van der Waals surface area contributed by atoms with E-state index in [2.05, 4.69) is 18.2 Å². The Morgan fingerprint density at radius 1 is 1.03 bits per heavy atom. The average molecular weight is 425 g/mol. The van der Waals surface area contributed by atoms with Crippen molar-refractivity contribution in [3.8, 4) is 6.07 Å². The van der Waals surface area contributed by atoms with Crippen molar-refractivity contribution in [3.05, 3.63) is 70.3 Å². The number of aliphatic hydroxyl groups excluding tert-OH is 4. The van der Waals surface area contributed by atoms with Crippen molar-refractivity contribution in [2.24, 2.45) is 0 Å². The highest BCUT2D eigenvalue weighted by Gasteiger charge is 2.53. The van der Waals surface area contributed by atoms with Crippen molar-refractivity contribution in [3.63, 3.8) is 0 Å². The molecule has 1 aliphatic heterocycles. The zero-order valence-corrected chi connectivity index (χ0v) is 17.1. The molecule has 0 aromatic heterocycles. The summed E-state index contributed by atoms with van der Waals surface area (Å²) in [5.41, 5.74) is 3.49. The second-order valence-electron chi connectivity index (χ2n) is 8.49. The molecule has 31 heavy (non-hydrogen) atoms. The van der Waals surface area contributed by atoms with Crippen molar-refractivity contribution < 1.29 is 30.3 Å². The Kier molecular flexibility index (Phi) is 6.13. The monoisotopic (exact) mass is 425 g/mol. The number of hydrogen-bond donors (Lipinski definition) is 5. The van der Waals surface area contributed by atoms with E-state index in [0.29, 0.717) is 23.5 Å². The first-order valence-electron chi connectivity index (χ1n) is 10.5. The van der Waals surface area contributed by atoms with Crippen molar-refractivity contribution in [2.45, 2.75) is 61.8 Å². The number of nitrogens with zero attached hydrogens (tertiary/aromatic N) is 1. The predicted octanol–water partition coefficient (Wildman–Crippen LogP) is 1.04. The molecule has 0 amide bonds. The van der Waals surface area contributed by atoms with Crippen LogP contribution in [0.15, 0.2) is 42.5 Å². The zero-order valence-electron chi connectivity index (χ0n) is 17.1. The Balaban J connectivity index is 1.63.